The second-order valence-electron chi connectivity index (χ2n) is 4.88. The van der Waals surface area contributed by atoms with Gasteiger partial charge in [0, 0.05) is 15.9 Å². The third-order valence-corrected chi connectivity index (χ3v) is 5.60. The van der Waals surface area contributed by atoms with Gasteiger partial charge in [0.15, 0.2) is 4.34 Å². The van der Waals surface area contributed by atoms with E-state index >= 15 is 0 Å². The summed E-state index contributed by atoms with van der Waals surface area (Å²) in [5.41, 5.74) is 0.951. The van der Waals surface area contributed by atoms with Gasteiger partial charge >= 0.3 is 0 Å². The van der Waals surface area contributed by atoms with Gasteiger partial charge in [-0.25, -0.2) is 0 Å². The lowest BCUT2D eigenvalue weighted by molar-refractivity contribution is 0.344. The summed E-state index contributed by atoms with van der Waals surface area (Å²) >= 11 is 6.56. The highest BCUT2D eigenvalue weighted by Gasteiger charge is 2.05. The van der Waals surface area contributed by atoms with Crippen molar-refractivity contribution in [2.75, 3.05) is 24.8 Å². The lowest BCUT2D eigenvalue weighted by Crippen LogP contribution is -1.99. The van der Waals surface area contributed by atoms with E-state index in [1.54, 1.807) is 18.9 Å². The van der Waals surface area contributed by atoms with E-state index in [2.05, 4.69) is 31.4 Å². The van der Waals surface area contributed by atoms with Crippen LogP contribution in [0.25, 0.3) is 0 Å². The fourth-order valence-corrected chi connectivity index (χ4v) is 3.86. The van der Waals surface area contributed by atoms with E-state index in [-0.39, 0.29) is 0 Å². The normalized spacial score (nSPS) is 10.5. The Morgan fingerprint density at radius 3 is 2.48 bits per heavy atom. The van der Waals surface area contributed by atoms with E-state index in [1.165, 1.54) is 11.3 Å². The Morgan fingerprint density at radius 1 is 1.04 bits per heavy atom. The van der Waals surface area contributed by atoms with Crippen LogP contribution in [0.1, 0.15) is 0 Å². The minimum atomic E-state index is 0.618. The first-order valence-corrected chi connectivity index (χ1v) is 10.1. The van der Waals surface area contributed by atoms with E-state index < -0.39 is 0 Å². The third-order valence-electron chi connectivity index (χ3n) is 3.14. The van der Waals surface area contributed by atoms with Crippen LogP contribution in [0.15, 0.2) is 57.3 Å². The molecular formula is C17H16BrN3O2S2. The van der Waals surface area contributed by atoms with Crippen LogP contribution in [0, 0.1) is 0 Å². The van der Waals surface area contributed by atoms with Crippen molar-refractivity contribution in [2.24, 2.45) is 0 Å². The van der Waals surface area contributed by atoms with Gasteiger partial charge in [0.2, 0.25) is 5.13 Å². The molecule has 0 spiro atoms. The van der Waals surface area contributed by atoms with Gasteiger partial charge in [-0.3, -0.25) is 0 Å². The lowest BCUT2D eigenvalue weighted by Gasteiger charge is -2.04. The summed E-state index contributed by atoms with van der Waals surface area (Å²) in [6.07, 6.45) is 0. The molecule has 130 valence electrons. The largest absolute Gasteiger partial charge is 0.497 e. The molecule has 0 saturated heterocycles. The van der Waals surface area contributed by atoms with E-state index in [0.717, 1.165) is 36.9 Å². The second-order valence-corrected chi connectivity index (χ2v) is 8.11. The SMILES string of the molecule is COc1ccc(Nc2nnc(SCCOc3ccc(Br)cc3)s2)cc1. The minimum Gasteiger partial charge on any atom is -0.497 e. The first kappa shape index (κ1) is 18.0. The number of methoxy groups -OCH3 is 1. The summed E-state index contributed by atoms with van der Waals surface area (Å²) in [6.45, 7) is 0.618. The van der Waals surface area contributed by atoms with Gasteiger partial charge in [0.25, 0.3) is 0 Å². The van der Waals surface area contributed by atoms with Crippen molar-refractivity contribution in [2.45, 2.75) is 4.34 Å². The predicted octanol–water partition coefficient (Wildman–Crippen LogP) is 5.22. The molecular weight excluding hydrogens is 422 g/mol. The van der Waals surface area contributed by atoms with Crippen molar-refractivity contribution in [1.29, 1.82) is 0 Å². The Labute approximate surface area is 162 Å². The molecule has 0 bridgehead atoms. The van der Waals surface area contributed by atoms with Crippen LogP contribution in [0.2, 0.25) is 0 Å². The molecule has 0 radical (unpaired) electrons. The van der Waals surface area contributed by atoms with E-state index in [1.807, 2.05) is 48.5 Å². The van der Waals surface area contributed by atoms with Gasteiger partial charge in [0.1, 0.15) is 11.5 Å². The van der Waals surface area contributed by atoms with E-state index in [9.17, 15) is 0 Å². The van der Waals surface area contributed by atoms with Crippen molar-refractivity contribution in [1.82, 2.24) is 10.2 Å². The van der Waals surface area contributed by atoms with E-state index in [0.29, 0.717) is 6.61 Å². The number of thioether (sulfide) groups is 1. The van der Waals surface area contributed by atoms with Gasteiger partial charge in [-0.2, -0.15) is 0 Å². The van der Waals surface area contributed by atoms with E-state index in [4.69, 9.17) is 9.47 Å². The van der Waals surface area contributed by atoms with Crippen LogP contribution in [0.4, 0.5) is 10.8 Å². The Balaban J connectivity index is 1.44. The maximum atomic E-state index is 5.69. The number of ether oxygens (including phenoxy) is 2. The molecule has 1 aromatic heterocycles. The smallest absolute Gasteiger partial charge is 0.210 e. The second kappa shape index (κ2) is 9.07. The highest BCUT2D eigenvalue weighted by atomic mass is 79.9. The number of halogens is 1. The van der Waals surface area contributed by atoms with Crippen LogP contribution in [-0.2, 0) is 0 Å². The van der Waals surface area contributed by atoms with Crippen molar-refractivity contribution in [3.05, 3.63) is 53.0 Å². The number of hydrogen-bond donors (Lipinski definition) is 1. The summed E-state index contributed by atoms with van der Waals surface area (Å²) in [7, 11) is 1.65. The zero-order valence-corrected chi connectivity index (χ0v) is 16.7. The monoisotopic (exact) mass is 437 g/mol. The highest BCUT2D eigenvalue weighted by molar-refractivity contribution is 9.10. The minimum absolute atomic E-state index is 0.618. The molecule has 3 aromatic rings. The molecule has 0 amide bonds. The lowest BCUT2D eigenvalue weighted by atomic mass is 10.3. The topological polar surface area (TPSA) is 56.3 Å². The summed E-state index contributed by atoms with van der Waals surface area (Å²) in [6, 6.07) is 15.5. The molecule has 0 aliphatic rings. The highest BCUT2D eigenvalue weighted by Crippen LogP contribution is 2.28. The Morgan fingerprint density at radius 2 is 1.76 bits per heavy atom. The average Bonchev–Trinajstić information content (AvgIpc) is 3.08. The molecule has 0 aliphatic carbocycles. The number of nitrogens with zero attached hydrogens (tertiary/aromatic N) is 2. The fraction of sp³-hybridized carbons (Fsp3) is 0.176. The van der Waals surface area contributed by atoms with Crippen LogP contribution in [-0.4, -0.2) is 29.7 Å². The summed E-state index contributed by atoms with van der Waals surface area (Å²) in [5.74, 6) is 2.50. The van der Waals surface area contributed by atoms with Crippen LogP contribution >= 0.6 is 39.0 Å². The molecule has 0 fully saturated rings. The molecule has 0 unspecified atom stereocenters. The zero-order valence-electron chi connectivity index (χ0n) is 13.4. The molecule has 0 atom stereocenters. The number of benzene rings is 2. The van der Waals surface area contributed by atoms with Gasteiger partial charge in [0.05, 0.1) is 13.7 Å². The quantitative estimate of drug-likeness (QED) is 0.384. The summed E-state index contributed by atoms with van der Waals surface area (Å²) < 4.78 is 12.8. The van der Waals surface area contributed by atoms with Gasteiger partial charge in [-0.05, 0) is 48.5 Å². The van der Waals surface area contributed by atoms with Crippen molar-refractivity contribution >= 4 is 49.8 Å². The molecule has 25 heavy (non-hydrogen) atoms. The third kappa shape index (κ3) is 5.62. The Bertz CT molecular complexity index is 794. The molecule has 0 saturated carbocycles. The average molecular weight is 438 g/mol. The summed E-state index contributed by atoms with van der Waals surface area (Å²) in [4.78, 5) is 0. The zero-order chi connectivity index (χ0) is 17.5. The molecule has 8 heteroatoms. The first-order valence-electron chi connectivity index (χ1n) is 7.49. The molecule has 3 rings (SSSR count). The summed E-state index contributed by atoms with van der Waals surface area (Å²) in [5, 5.41) is 12.3. The van der Waals surface area contributed by atoms with Crippen molar-refractivity contribution in [3.63, 3.8) is 0 Å². The van der Waals surface area contributed by atoms with Gasteiger partial charge in [-0.15, -0.1) is 10.2 Å². The van der Waals surface area contributed by atoms with Crippen LogP contribution in [0.5, 0.6) is 11.5 Å². The number of hydrogen-bond acceptors (Lipinski definition) is 7. The van der Waals surface area contributed by atoms with Crippen molar-refractivity contribution in [3.8, 4) is 11.5 Å². The Hall–Kier alpha value is -1.77. The molecule has 1 N–H and O–H groups in total. The number of rotatable bonds is 8. The maximum absolute atomic E-state index is 5.69. The molecule has 5 nitrogen and oxygen atoms in total. The van der Waals surface area contributed by atoms with Crippen molar-refractivity contribution < 1.29 is 9.47 Å². The van der Waals surface area contributed by atoms with Crippen LogP contribution < -0.4 is 14.8 Å². The molecule has 2 aromatic carbocycles. The molecule has 0 aliphatic heterocycles. The van der Waals surface area contributed by atoms with Crippen LogP contribution in [0.3, 0.4) is 0 Å². The fourth-order valence-electron chi connectivity index (χ4n) is 1.94. The predicted molar refractivity (Wildman–Crippen MR) is 107 cm³/mol. The number of aromatic nitrogens is 2. The first-order chi connectivity index (χ1) is 12.2. The standard InChI is InChI=1S/C17H16BrN3O2S2/c1-22-14-8-4-13(5-9-14)19-16-20-21-17(25-16)24-11-10-23-15-6-2-12(18)3-7-15/h2-9H,10-11H2,1H3,(H,19,20). The van der Waals surface area contributed by atoms with Gasteiger partial charge < -0.3 is 14.8 Å². The van der Waals surface area contributed by atoms with Gasteiger partial charge in [-0.1, -0.05) is 39.0 Å². The number of nitrogens with one attached hydrogen (secondary N) is 1. The maximum Gasteiger partial charge on any atom is 0.210 e. The Kier molecular flexibility index (Phi) is 6.55. The molecule has 1 heterocycles. The number of anilines is 2.